The van der Waals surface area contributed by atoms with Crippen molar-refractivity contribution in [2.24, 2.45) is 0 Å². The van der Waals surface area contributed by atoms with E-state index in [9.17, 15) is 4.79 Å². The van der Waals surface area contributed by atoms with E-state index in [1.165, 1.54) is 7.11 Å². The highest BCUT2D eigenvalue weighted by Gasteiger charge is 2.13. The van der Waals surface area contributed by atoms with Crippen LogP contribution in [-0.4, -0.2) is 37.1 Å². The second-order valence-electron chi connectivity index (χ2n) is 5.85. The third kappa shape index (κ3) is 3.68. The highest BCUT2D eigenvalue weighted by Crippen LogP contribution is 2.24. The van der Waals surface area contributed by atoms with Gasteiger partial charge in [0.05, 0.1) is 19.7 Å². The number of aromatic nitrogens is 2. The molecule has 1 amide bonds. The van der Waals surface area contributed by atoms with Gasteiger partial charge in [0.2, 0.25) is 5.91 Å². The van der Waals surface area contributed by atoms with Crippen molar-refractivity contribution in [1.29, 1.82) is 0 Å². The van der Waals surface area contributed by atoms with Crippen LogP contribution in [0.1, 0.15) is 5.56 Å². The van der Waals surface area contributed by atoms with Gasteiger partial charge in [0.1, 0.15) is 5.69 Å². The molecule has 0 unspecified atom stereocenters. The van der Waals surface area contributed by atoms with Crippen LogP contribution in [0.2, 0.25) is 0 Å². The van der Waals surface area contributed by atoms with Crippen molar-refractivity contribution in [2.45, 2.75) is 6.42 Å². The topological polar surface area (TPSA) is 67.3 Å². The molecular weight excluding hydrogens is 316 g/mol. The quantitative estimate of drug-likeness (QED) is 0.776. The summed E-state index contributed by atoms with van der Waals surface area (Å²) in [5.41, 5.74) is 1.53. The Morgan fingerprint density at radius 2 is 1.92 bits per heavy atom. The average Bonchev–Trinajstić information content (AvgIpc) is 2.62. The van der Waals surface area contributed by atoms with Crippen molar-refractivity contribution >= 4 is 28.2 Å². The molecule has 3 rings (SSSR count). The van der Waals surface area contributed by atoms with Gasteiger partial charge in [-0.2, -0.15) is 4.98 Å². The van der Waals surface area contributed by atoms with Gasteiger partial charge in [-0.1, -0.05) is 42.5 Å². The molecule has 3 aromatic rings. The Morgan fingerprint density at radius 3 is 2.68 bits per heavy atom. The van der Waals surface area contributed by atoms with E-state index < -0.39 is 0 Å². The Morgan fingerprint density at radius 1 is 1.16 bits per heavy atom. The molecule has 0 spiro atoms. The van der Waals surface area contributed by atoms with E-state index in [0.29, 0.717) is 11.5 Å². The number of amides is 1. The summed E-state index contributed by atoms with van der Waals surface area (Å²) in [4.78, 5) is 22.7. The lowest BCUT2D eigenvalue weighted by molar-refractivity contribution is -0.115. The van der Waals surface area contributed by atoms with Crippen molar-refractivity contribution in [3.8, 4) is 6.01 Å². The predicted molar refractivity (Wildman–Crippen MR) is 99.2 cm³/mol. The highest BCUT2D eigenvalue weighted by atomic mass is 16.5. The third-order valence-corrected chi connectivity index (χ3v) is 3.86. The number of nitrogens with zero attached hydrogens (tertiary/aromatic N) is 3. The molecule has 0 saturated carbocycles. The minimum Gasteiger partial charge on any atom is -0.467 e. The Hall–Kier alpha value is -3.15. The van der Waals surface area contributed by atoms with Crippen LogP contribution in [-0.2, 0) is 11.2 Å². The molecule has 0 bridgehead atoms. The zero-order chi connectivity index (χ0) is 17.8. The van der Waals surface area contributed by atoms with Gasteiger partial charge >= 0.3 is 6.01 Å². The van der Waals surface area contributed by atoms with E-state index in [1.807, 2.05) is 56.6 Å². The van der Waals surface area contributed by atoms with Crippen LogP contribution >= 0.6 is 0 Å². The SMILES string of the molecule is COc1ncc(NC(=O)Cc2cccc3ccccc23)c(N(C)C)n1. The molecule has 0 radical (unpaired) electrons. The second-order valence-corrected chi connectivity index (χ2v) is 5.85. The van der Waals surface area contributed by atoms with Gasteiger partial charge in [-0.3, -0.25) is 4.79 Å². The third-order valence-electron chi connectivity index (χ3n) is 3.86. The first-order valence-corrected chi connectivity index (χ1v) is 7.93. The highest BCUT2D eigenvalue weighted by molar-refractivity contribution is 5.97. The van der Waals surface area contributed by atoms with Crippen LogP contribution < -0.4 is 15.0 Å². The molecular formula is C19H20N4O2. The predicted octanol–water partition coefficient (Wildman–Crippen LogP) is 2.89. The van der Waals surface area contributed by atoms with Crippen LogP contribution in [0.15, 0.2) is 48.7 Å². The van der Waals surface area contributed by atoms with E-state index in [0.717, 1.165) is 16.3 Å². The van der Waals surface area contributed by atoms with Crippen LogP contribution in [0, 0.1) is 0 Å². The molecule has 2 aromatic carbocycles. The number of methoxy groups -OCH3 is 1. The first kappa shape index (κ1) is 16.7. The zero-order valence-corrected chi connectivity index (χ0v) is 14.5. The summed E-state index contributed by atoms with van der Waals surface area (Å²) in [6, 6.07) is 14.3. The van der Waals surface area contributed by atoms with E-state index in [-0.39, 0.29) is 18.3 Å². The second kappa shape index (κ2) is 7.17. The zero-order valence-electron chi connectivity index (χ0n) is 14.5. The number of hydrogen-bond donors (Lipinski definition) is 1. The molecule has 6 heteroatoms. The maximum atomic E-state index is 12.5. The van der Waals surface area contributed by atoms with Crippen LogP contribution in [0.3, 0.4) is 0 Å². The molecule has 0 aliphatic rings. The number of nitrogens with one attached hydrogen (secondary N) is 1. The van der Waals surface area contributed by atoms with Gasteiger partial charge in [0, 0.05) is 14.1 Å². The van der Waals surface area contributed by atoms with Gasteiger partial charge in [-0.05, 0) is 16.3 Å². The van der Waals surface area contributed by atoms with Gasteiger partial charge in [-0.25, -0.2) is 4.98 Å². The molecule has 1 heterocycles. The Balaban J connectivity index is 1.83. The maximum absolute atomic E-state index is 12.5. The van der Waals surface area contributed by atoms with E-state index >= 15 is 0 Å². The minimum absolute atomic E-state index is 0.117. The van der Waals surface area contributed by atoms with Gasteiger partial charge in [0.15, 0.2) is 5.82 Å². The van der Waals surface area contributed by atoms with Crippen LogP contribution in [0.5, 0.6) is 6.01 Å². The Bertz CT molecular complexity index is 904. The molecule has 0 atom stereocenters. The summed E-state index contributed by atoms with van der Waals surface area (Å²) in [6.07, 6.45) is 1.84. The molecule has 128 valence electrons. The summed E-state index contributed by atoms with van der Waals surface area (Å²) in [5, 5.41) is 5.10. The lowest BCUT2D eigenvalue weighted by atomic mass is 10.0. The standard InChI is InChI=1S/C19H20N4O2/c1-23(2)18-16(12-20-19(22-18)25-3)21-17(24)11-14-9-6-8-13-7-4-5-10-15(13)14/h4-10,12H,11H2,1-3H3,(H,21,24). The van der Waals surface area contributed by atoms with Crippen molar-refractivity contribution in [1.82, 2.24) is 9.97 Å². The molecule has 6 nitrogen and oxygen atoms in total. The molecule has 0 fully saturated rings. The smallest absolute Gasteiger partial charge is 0.318 e. The number of carbonyl (C=O) groups is 1. The fraction of sp³-hybridized carbons (Fsp3) is 0.211. The summed E-state index contributed by atoms with van der Waals surface area (Å²) < 4.78 is 5.05. The number of ether oxygens (including phenoxy) is 1. The lowest BCUT2D eigenvalue weighted by Gasteiger charge is -2.17. The molecule has 0 aliphatic heterocycles. The Kier molecular flexibility index (Phi) is 4.79. The number of fused-ring (bicyclic) bond motifs is 1. The Labute approximate surface area is 146 Å². The van der Waals surface area contributed by atoms with E-state index in [2.05, 4.69) is 15.3 Å². The molecule has 25 heavy (non-hydrogen) atoms. The number of benzene rings is 2. The normalized spacial score (nSPS) is 10.5. The summed E-state index contributed by atoms with van der Waals surface area (Å²) in [7, 11) is 5.21. The molecule has 1 N–H and O–H groups in total. The molecule has 1 aromatic heterocycles. The number of hydrogen-bond acceptors (Lipinski definition) is 5. The lowest BCUT2D eigenvalue weighted by Crippen LogP contribution is -2.19. The van der Waals surface area contributed by atoms with Gasteiger partial charge in [-0.15, -0.1) is 0 Å². The minimum atomic E-state index is -0.117. The van der Waals surface area contributed by atoms with E-state index in [1.54, 1.807) is 11.1 Å². The first-order valence-electron chi connectivity index (χ1n) is 7.93. The van der Waals surface area contributed by atoms with Gasteiger partial charge < -0.3 is 15.0 Å². The van der Waals surface area contributed by atoms with Crippen molar-refractivity contribution in [2.75, 3.05) is 31.4 Å². The summed E-state index contributed by atoms with van der Waals surface area (Å²) >= 11 is 0. The molecule has 0 saturated heterocycles. The van der Waals surface area contributed by atoms with Gasteiger partial charge in [0.25, 0.3) is 0 Å². The average molecular weight is 336 g/mol. The monoisotopic (exact) mass is 336 g/mol. The largest absolute Gasteiger partial charge is 0.467 e. The summed E-state index contributed by atoms with van der Waals surface area (Å²) in [5.74, 6) is 0.478. The van der Waals surface area contributed by atoms with Crippen molar-refractivity contribution in [3.63, 3.8) is 0 Å². The maximum Gasteiger partial charge on any atom is 0.318 e. The van der Waals surface area contributed by atoms with E-state index in [4.69, 9.17) is 4.74 Å². The number of anilines is 2. The van der Waals surface area contributed by atoms with Crippen molar-refractivity contribution in [3.05, 3.63) is 54.2 Å². The first-order chi connectivity index (χ1) is 12.1. The van der Waals surface area contributed by atoms with Crippen molar-refractivity contribution < 1.29 is 9.53 Å². The fourth-order valence-corrected chi connectivity index (χ4v) is 2.70. The number of rotatable bonds is 5. The fourth-order valence-electron chi connectivity index (χ4n) is 2.70. The number of carbonyl (C=O) groups excluding carboxylic acids is 1. The molecule has 0 aliphatic carbocycles. The van der Waals surface area contributed by atoms with Crippen LogP contribution in [0.4, 0.5) is 11.5 Å². The van der Waals surface area contributed by atoms with Crippen LogP contribution in [0.25, 0.3) is 10.8 Å². The summed E-state index contributed by atoms with van der Waals surface area (Å²) in [6.45, 7) is 0.